The number of hydrogen-bond donors (Lipinski definition) is 1. The number of ether oxygens (including phenoxy) is 1. The van der Waals surface area contributed by atoms with Crippen molar-refractivity contribution in [1.82, 2.24) is 0 Å². The molecule has 19 heavy (non-hydrogen) atoms. The van der Waals surface area contributed by atoms with Gasteiger partial charge in [-0.2, -0.15) is 0 Å². The molecule has 0 aromatic carbocycles. The first-order chi connectivity index (χ1) is 8.80. The number of fused-ring (bicyclic) bond motifs is 2. The van der Waals surface area contributed by atoms with Gasteiger partial charge in [-0.1, -0.05) is 27.8 Å². The SMILES string of the molecule is CC(=O)OC(C)(C)C#CCC1CC2CC1C(Br)C2O. The molecule has 0 aromatic heterocycles. The Hall–Kier alpha value is -0.530. The highest BCUT2D eigenvalue weighted by atomic mass is 79.9. The van der Waals surface area contributed by atoms with Crippen molar-refractivity contribution in [1.29, 1.82) is 0 Å². The van der Waals surface area contributed by atoms with Gasteiger partial charge in [-0.25, -0.2) is 0 Å². The largest absolute Gasteiger partial charge is 0.447 e. The molecule has 2 rings (SSSR count). The molecule has 2 bridgehead atoms. The summed E-state index contributed by atoms with van der Waals surface area (Å²) < 4.78 is 5.14. The minimum atomic E-state index is -0.712. The van der Waals surface area contributed by atoms with Gasteiger partial charge in [-0.15, -0.1) is 0 Å². The van der Waals surface area contributed by atoms with Crippen LogP contribution in [0.5, 0.6) is 0 Å². The number of aliphatic hydroxyl groups excluding tert-OH is 1. The van der Waals surface area contributed by atoms with Gasteiger partial charge in [0.05, 0.1) is 6.10 Å². The fraction of sp³-hybridized carbons (Fsp3) is 0.800. The highest BCUT2D eigenvalue weighted by molar-refractivity contribution is 9.09. The van der Waals surface area contributed by atoms with Crippen LogP contribution in [-0.4, -0.2) is 27.6 Å². The van der Waals surface area contributed by atoms with Crippen molar-refractivity contribution in [3.05, 3.63) is 0 Å². The number of carbonyl (C=O) groups excluding carboxylic acids is 1. The van der Waals surface area contributed by atoms with Gasteiger partial charge in [0, 0.05) is 18.2 Å². The van der Waals surface area contributed by atoms with Crippen molar-refractivity contribution in [3.63, 3.8) is 0 Å². The summed E-state index contributed by atoms with van der Waals surface area (Å²) in [6, 6.07) is 0. The van der Waals surface area contributed by atoms with E-state index in [2.05, 4.69) is 27.8 Å². The summed E-state index contributed by atoms with van der Waals surface area (Å²) in [7, 11) is 0. The van der Waals surface area contributed by atoms with E-state index in [1.54, 1.807) is 13.8 Å². The van der Waals surface area contributed by atoms with Crippen molar-refractivity contribution >= 4 is 21.9 Å². The summed E-state index contributed by atoms with van der Waals surface area (Å²) in [5.74, 6) is 7.41. The van der Waals surface area contributed by atoms with Gasteiger partial charge in [-0.3, -0.25) is 4.79 Å². The first-order valence-electron chi connectivity index (χ1n) is 6.82. The minimum absolute atomic E-state index is 0.188. The number of carbonyl (C=O) groups is 1. The van der Waals surface area contributed by atoms with Crippen LogP contribution in [0.25, 0.3) is 0 Å². The zero-order valence-corrected chi connectivity index (χ0v) is 13.2. The van der Waals surface area contributed by atoms with Gasteiger partial charge in [0.15, 0.2) is 5.60 Å². The summed E-state index contributed by atoms with van der Waals surface area (Å²) in [6.07, 6.45) is 2.81. The fourth-order valence-corrected chi connectivity index (χ4v) is 4.48. The Kier molecular flexibility index (Phi) is 4.27. The molecule has 2 fully saturated rings. The van der Waals surface area contributed by atoms with Crippen molar-refractivity contribution in [2.75, 3.05) is 0 Å². The van der Waals surface area contributed by atoms with Crippen LogP contribution >= 0.6 is 15.9 Å². The van der Waals surface area contributed by atoms with Crippen molar-refractivity contribution in [2.24, 2.45) is 17.8 Å². The van der Waals surface area contributed by atoms with Crippen LogP contribution in [0.1, 0.15) is 40.0 Å². The Labute approximate surface area is 123 Å². The summed E-state index contributed by atoms with van der Waals surface area (Å²) >= 11 is 3.60. The van der Waals surface area contributed by atoms with E-state index in [-0.39, 0.29) is 16.9 Å². The summed E-state index contributed by atoms with van der Waals surface area (Å²) in [5.41, 5.74) is -0.712. The minimum Gasteiger partial charge on any atom is -0.447 e. The highest BCUT2D eigenvalue weighted by Crippen LogP contribution is 2.52. The maximum atomic E-state index is 10.9. The van der Waals surface area contributed by atoms with E-state index >= 15 is 0 Å². The predicted molar refractivity (Wildman–Crippen MR) is 76.7 cm³/mol. The molecule has 0 spiro atoms. The third kappa shape index (κ3) is 3.32. The lowest BCUT2D eigenvalue weighted by atomic mass is 9.85. The van der Waals surface area contributed by atoms with Crippen LogP contribution in [0.3, 0.4) is 0 Å². The molecule has 2 aliphatic rings. The van der Waals surface area contributed by atoms with Gasteiger partial charge < -0.3 is 9.84 Å². The third-order valence-electron chi connectivity index (χ3n) is 4.16. The summed E-state index contributed by atoms with van der Waals surface area (Å²) in [4.78, 5) is 11.2. The number of halogens is 1. The van der Waals surface area contributed by atoms with Gasteiger partial charge >= 0.3 is 5.97 Å². The van der Waals surface area contributed by atoms with E-state index in [0.29, 0.717) is 17.8 Å². The van der Waals surface area contributed by atoms with Crippen molar-refractivity contribution in [3.8, 4) is 11.8 Å². The molecule has 0 saturated heterocycles. The van der Waals surface area contributed by atoms with Gasteiger partial charge in [0.2, 0.25) is 0 Å². The van der Waals surface area contributed by atoms with E-state index < -0.39 is 5.60 Å². The van der Waals surface area contributed by atoms with Crippen molar-refractivity contribution in [2.45, 2.75) is 56.6 Å². The van der Waals surface area contributed by atoms with Gasteiger partial charge in [0.25, 0.3) is 0 Å². The van der Waals surface area contributed by atoms with Gasteiger partial charge in [-0.05, 0) is 44.4 Å². The molecule has 0 aromatic rings. The molecule has 2 saturated carbocycles. The molecule has 2 aliphatic carbocycles. The first-order valence-corrected chi connectivity index (χ1v) is 7.73. The third-order valence-corrected chi connectivity index (χ3v) is 5.38. The number of hydrogen-bond acceptors (Lipinski definition) is 3. The zero-order chi connectivity index (χ0) is 14.2. The second-order valence-electron chi connectivity index (χ2n) is 6.20. The second-order valence-corrected chi connectivity index (χ2v) is 7.26. The molecule has 5 atom stereocenters. The lowest BCUT2D eigenvalue weighted by Crippen LogP contribution is -2.32. The molecular weight excluding hydrogens is 308 g/mol. The molecule has 3 nitrogen and oxygen atoms in total. The lowest BCUT2D eigenvalue weighted by Gasteiger charge is -2.28. The topological polar surface area (TPSA) is 46.5 Å². The molecule has 0 radical (unpaired) electrons. The van der Waals surface area contributed by atoms with E-state index in [0.717, 1.165) is 19.3 Å². The molecule has 5 unspecified atom stereocenters. The molecule has 0 aliphatic heterocycles. The van der Waals surface area contributed by atoms with E-state index in [9.17, 15) is 9.90 Å². The molecule has 106 valence electrons. The van der Waals surface area contributed by atoms with Crippen LogP contribution in [0, 0.1) is 29.6 Å². The maximum absolute atomic E-state index is 10.9. The van der Waals surface area contributed by atoms with Crippen LogP contribution in [0.15, 0.2) is 0 Å². The Morgan fingerprint density at radius 1 is 1.47 bits per heavy atom. The molecule has 0 heterocycles. The van der Waals surface area contributed by atoms with Crippen LogP contribution < -0.4 is 0 Å². The Balaban J connectivity index is 1.90. The Bertz CT molecular complexity index is 419. The normalized spacial score (nSPS) is 36.8. The van der Waals surface area contributed by atoms with Crippen LogP contribution in [0.2, 0.25) is 0 Å². The first kappa shape index (κ1) is 14.9. The lowest BCUT2D eigenvalue weighted by molar-refractivity contribution is -0.148. The van der Waals surface area contributed by atoms with Crippen LogP contribution in [-0.2, 0) is 9.53 Å². The van der Waals surface area contributed by atoms with E-state index in [4.69, 9.17) is 4.74 Å². The van der Waals surface area contributed by atoms with Crippen LogP contribution in [0.4, 0.5) is 0 Å². The Morgan fingerprint density at radius 3 is 2.68 bits per heavy atom. The van der Waals surface area contributed by atoms with Gasteiger partial charge in [0.1, 0.15) is 0 Å². The maximum Gasteiger partial charge on any atom is 0.304 e. The number of esters is 1. The quantitative estimate of drug-likeness (QED) is 0.481. The number of alkyl halides is 1. The predicted octanol–water partition coefficient (Wildman–Crippen LogP) is 2.50. The molecule has 4 heteroatoms. The number of rotatable bonds is 2. The Morgan fingerprint density at radius 2 is 2.16 bits per heavy atom. The molecule has 0 amide bonds. The average molecular weight is 329 g/mol. The van der Waals surface area contributed by atoms with Crippen molar-refractivity contribution < 1.29 is 14.6 Å². The average Bonchev–Trinajstić information content (AvgIpc) is 2.78. The summed E-state index contributed by atoms with van der Waals surface area (Å²) in [6.45, 7) is 5.01. The zero-order valence-electron chi connectivity index (χ0n) is 11.6. The smallest absolute Gasteiger partial charge is 0.304 e. The fourth-order valence-electron chi connectivity index (χ4n) is 3.40. The van der Waals surface area contributed by atoms with E-state index in [1.165, 1.54) is 6.92 Å². The summed E-state index contributed by atoms with van der Waals surface area (Å²) in [5, 5.41) is 9.92. The second kappa shape index (κ2) is 5.46. The standard InChI is InChI=1S/C15H21BrO3/c1-9(17)19-15(2,3)6-4-5-10-7-11-8-12(10)13(16)14(11)18/h10-14,18H,5,7-8H2,1-3H3. The number of aliphatic hydroxyl groups is 1. The molecule has 1 N–H and O–H groups in total. The molecular formula is C15H21BrO3. The highest BCUT2D eigenvalue weighted by Gasteiger charge is 2.50. The monoisotopic (exact) mass is 328 g/mol. The van der Waals surface area contributed by atoms with E-state index in [1.807, 2.05) is 0 Å².